The van der Waals surface area contributed by atoms with E-state index in [1.54, 1.807) is 18.3 Å². The first-order valence-corrected chi connectivity index (χ1v) is 8.78. The van der Waals surface area contributed by atoms with Gasteiger partial charge in [-0.15, -0.1) is 0 Å². The predicted molar refractivity (Wildman–Crippen MR) is 95.9 cm³/mol. The second-order valence-corrected chi connectivity index (χ2v) is 6.52. The molecule has 26 heavy (non-hydrogen) atoms. The quantitative estimate of drug-likeness (QED) is 0.832. The summed E-state index contributed by atoms with van der Waals surface area (Å²) in [7, 11) is 0. The number of aromatic nitrogens is 1. The Morgan fingerprint density at radius 1 is 1.12 bits per heavy atom. The number of carboxylic acid groups (broad SMARTS) is 1. The first kappa shape index (κ1) is 17.9. The number of pyridine rings is 1. The molecule has 0 saturated heterocycles. The van der Waals surface area contributed by atoms with Crippen LogP contribution in [0.5, 0.6) is 5.88 Å². The normalized spacial score (nSPS) is 19.5. The number of rotatable bonds is 6. The summed E-state index contributed by atoms with van der Waals surface area (Å²) in [5.74, 6) is -0.821. The summed E-state index contributed by atoms with van der Waals surface area (Å²) in [6.45, 7) is 0.387. The molecule has 0 aliphatic heterocycles. The van der Waals surface area contributed by atoms with Crippen molar-refractivity contribution in [2.45, 2.75) is 38.3 Å². The average Bonchev–Trinajstić information content (AvgIpc) is 2.68. The molecule has 1 heterocycles. The van der Waals surface area contributed by atoms with Gasteiger partial charge in [0.05, 0.1) is 5.92 Å². The number of ether oxygens (including phenoxy) is 1. The van der Waals surface area contributed by atoms with Crippen LogP contribution in [-0.4, -0.2) is 28.0 Å². The Balaban J connectivity index is 1.54. The largest absolute Gasteiger partial charge is 0.481 e. The maximum Gasteiger partial charge on any atom is 0.306 e. The van der Waals surface area contributed by atoms with Gasteiger partial charge >= 0.3 is 5.97 Å². The highest BCUT2D eigenvalue weighted by molar-refractivity contribution is 5.94. The van der Waals surface area contributed by atoms with Gasteiger partial charge in [0.25, 0.3) is 5.91 Å². The van der Waals surface area contributed by atoms with E-state index >= 15 is 0 Å². The van der Waals surface area contributed by atoms with Crippen molar-refractivity contribution in [3.63, 3.8) is 0 Å². The molecule has 0 atom stereocenters. The fourth-order valence-corrected chi connectivity index (χ4v) is 3.11. The molecule has 0 bridgehead atoms. The van der Waals surface area contributed by atoms with Crippen molar-refractivity contribution in [2.75, 3.05) is 0 Å². The third kappa shape index (κ3) is 4.81. The molecule has 1 fully saturated rings. The van der Waals surface area contributed by atoms with Crippen molar-refractivity contribution in [2.24, 2.45) is 5.92 Å². The summed E-state index contributed by atoms with van der Waals surface area (Å²) in [4.78, 5) is 27.6. The molecule has 1 aromatic carbocycles. The van der Waals surface area contributed by atoms with Crippen molar-refractivity contribution in [3.05, 3.63) is 59.8 Å². The monoisotopic (exact) mass is 354 g/mol. The van der Waals surface area contributed by atoms with Gasteiger partial charge < -0.3 is 15.2 Å². The van der Waals surface area contributed by atoms with Crippen molar-refractivity contribution < 1.29 is 19.4 Å². The fraction of sp³-hybridized carbons (Fsp3) is 0.350. The number of hydrogen-bond donors (Lipinski definition) is 2. The van der Waals surface area contributed by atoms with E-state index in [0.29, 0.717) is 43.7 Å². The van der Waals surface area contributed by atoms with Crippen molar-refractivity contribution in [1.82, 2.24) is 10.3 Å². The third-order valence-corrected chi connectivity index (χ3v) is 4.64. The number of hydrogen-bond acceptors (Lipinski definition) is 4. The van der Waals surface area contributed by atoms with Gasteiger partial charge in [0.15, 0.2) is 0 Å². The molecule has 1 aliphatic rings. The molecular weight excluding hydrogens is 332 g/mol. The molecule has 2 N–H and O–H groups in total. The van der Waals surface area contributed by atoms with Crippen LogP contribution in [-0.2, 0) is 11.4 Å². The standard InChI is InChI=1S/C20H22N2O4/c23-19(22-17-8-6-15(7-9-17)20(24)25)16-10-11-21-18(12-16)26-13-14-4-2-1-3-5-14/h1-5,10-12,15,17H,6-9,13H2,(H,22,23)(H,24,25). The van der Waals surface area contributed by atoms with Crippen LogP contribution in [0.3, 0.4) is 0 Å². The molecule has 1 saturated carbocycles. The number of aliphatic carboxylic acids is 1. The zero-order valence-corrected chi connectivity index (χ0v) is 14.4. The van der Waals surface area contributed by atoms with Crippen LogP contribution in [0.15, 0.2) is 48.7 Å². The van der Waals surface area contributed by atoms with Crippen LogP contribution in [0.2, 0.25) is 0 Å². The number of benzene rings is 1. The summed E-state index contributed by atoms with van der Waals surface area (Å²) < 4.78 is 5.66. The molecular formula is C20H22N2O4. The molecule has 6 heteroatoms. The predicted octanol–water partition coefficient (Wildman–Crippen LogP) is 3.03. The van der Waals surface area contributed by atoms with Crippen molar-refractivity contribution in [3.8, 4) is 5.88 Å². The first-order valence-electron chi connectivity index (χ1n) is 8.78. The smallest absolute Gasteiger partial charge is 0.306 e. The lowest BCUT2D eigenvalue weighted by Crippen LogP contribution is -2.38. The second kappa shape index (κ2) is 8.47. The molecule has 1 aliphatic carbocycles. The highest BCUT2D eigenvalue weighted by Gasteiger charge is 2.26. The van der Waals surface area contributed by atoms with Crippen LogP contribution in [0, 0.1) is 5.92 Å². The lowest BCUT2D eigenvalue weighted by atomic mass is 9.86. The van der Waals surface area contributed by atoms with E-state index in [1.165, 1.54) is 0 Å². The highest BCUT2D eigenvalue weighted by Crippen LogP contribution is 2.24. The van der Waals surface area contributed by atoms with Crippen molar-refractivity contribution >= 4 is 11.9 Å². The summed E-state index contributed by atoms with van der Waals surface area (Å²) in [5, 5.41) is 12.0. The lowest BCUT2D eigenvalue weighted by molar-refractivity contribution is -0.142. The molecule has 3 rings (SSSR count). The minimum absolute atomic E-state index is 0.0138. The molecule has 1 aromatic heterocycles. The minimum atomic E-state index is -0.746. The number of nitrogens with one attached hydrogen (secondary N) is 1. The number of nitrogens with zero attached hydrogens (tertiary/aromatic N) is 1. The highest BCUT2D eigenvalue weighted by atomic mass is 16.5. The van der Waals surface area contributed by atoms with E-state index in [4.69, 9.17) is 9.84 Å². The molecule has 136 valence electrons. The lowest BCUT2D eigenvalue weighted by Gasteiger charge is -2.26. The Hall–Kier alpha value is -2.89. The van der Waals surface area contributed by atoms with E-state index in [9.17, 15) is 9.59 Å². The Labute approximate surface area is 152 Å². The second-order valence-electron chi connectivity index (χ2n) is 6.52. The van der Waals surface area contributed by atoms with Gasteiger partial charge in [0.2, 0.25) is 5.88 Å². The Bertz CT molecular complexity index is 755. The first-order chi connectivity index (χ1) is 12.6. The van der Waals surface area contributed by atoms with E-state index in [0.717, 1.165) is 5.56 Å². The van der Waals surface area contributed by atoms with Crippen LogP contribution in [0.1, 0.15) is 41.6 Å². The number of carbonyl (C=O) groups is 2. The summed E-state index contributed by atoms with van der Waals surface area (Å²) >= 11 is 0. The van der Waals surface area contributed by atoms with Gasteiger partial charge in [0.1, 0.15) is 6.61 Å². The molecule has 0 spiro atoms. The van der Waals surface area contributed by atoms with Crippen molar-refractivity contribution in [1.29, 1.82) is 0 Å². The molecule has 6 nitrogen and oxygen atoms in total. The maximum atomic E-state index is 12.4. The van der Waals surface area contributed by atoms with Crippen LogP contribution in [0.25, 0.3) is 0 Å². The SMILES string of the molecule is O=C(NC1CCC(C(=O)O)CC1)c1ccnc(OCc2ccccc2)c1. The van der Waals surface area contributed by atoms with Gasteiger partial charge in [-0.05, 0) is 37.3 Å². The van der Waals surface area contributed by atoms with E-state index in [2.05, 4.69) is 10.3 Å². The number of carboxylic acids is 1. The van der Waals surface area contributed by atoms with Crippen LogP contribution < -0.4 is 10.1 Å². The molecule has 1 amide bonds. The summed E-state index contributed by atoms with van der Waals surface area (Å²) in [6, 6.07) is 13.0. The average molecular weight is 354 g/mol. The van der Waals surface area contributed by atoms with Crippen LogP contribution in [0.4, 0.5) is 0 Å². The van der Waals surface area contributed by atoms with Gasteiger partial charge in [0, 0.05) is 23.9 Å². The van der Waals surface area contributed by atoms with E-state index in [1.807, 2.05) is 30.3 Å². The Morgan fingerprint density at radius 2 is 1.85 bits per heavy atom. The maximum absolute atomic E-state index is 12.4. The molecule has 0 radical (unpaired) electrons. The number of amides is 1. The van der Waals surface area contributed by atoms with E-state index in [-0.39, 0.29) is 17.9 Å². The van der Waals surface area contributed by atoms with Gasteiger partial charge in [-0.1, -0.05) is 30.3 Å². The van der Waals surface area contributed by atoms with E-state index < -0.39 is 5.97 Å². The number of carbonyl (C=O) groups excluding carboxylic acids is 1. The van der Waals surface area contributed by atoms with Gasteiger partial charge in [-0.3, -0.25) is 9.59 Å². The zero-order chi connectivity index (χ0) is 18.4. The minimum Gasteiger partial charge on any atom is -0.481 e. The summed E-state index contributed by atoms with van der Waals surface area (Å²) in [6.07, 6.45) is 4.12. The Kier molecular flexibility index (Phi) is 5.84. The van der Waals surface area contributed by atoms with Gasteiger partial charge in [-0.25, -0.2) is 4.98 Å². The fourth-order valence-electron chi connectivity index (χ4n) is 3.11. The summed E-state index contributed by atoms with van der Waals surface area (Å²) in [5.41, 5.74) is 1.52. The zero-order valence-electron chi connectivity index (χ0n) is 14.4. The third-order valence-electron chi connectivity index (χ3n) is 4.64. The Morgan fingerprint density at radius 3 is 2.54 bits per heavy atom. The molecule has 2 aromatic rings. The van der Waals surface area contributed by atoms with Gasteiger partial charge in [-0.2, -0.15) is 0 Å². The molecule has 0 unspecified atom stereocenters. The van der Waals surface area contributed by atoms with Crippen LogP contribution >= 0.6 is 0 Å². The topological polar surface area (TPSA) is 88.5 Å².